The summed E-state index contributed by atoms with van der Waals surface area (Å²) in [6.07, 6.45) is -1.15. The fraction of sp³-hybridized carbons (Fsp3) is 0.333. The van der Waals surface area contributed by atoms with Crippen LogP contribution in [-0.4, -0.2) is 67.4 Å². The number of nitrogens with two attached hydrogens (primary N) is 1. The van der Waals surface area contributed by atoms with Crippen LogP contribution in [-0.2, 0) is 23.7 Å². The Morgan fingerprint density at radius 2 is 1.97 bits per heavy atom. The van der Waals surface area contributed by atoms with Crippen LogP contribution in [0.1, 0.15) is 15.8 Å². The van der Waals surface area contributed by atoms with Gasteiger partial charge >= 0.3 is 108 Å². The predicted octanol–water partition coefficient (Wildman–Crippen LogP) is -8.85. The van der Waals surface area contributed by atoms with Crippen LogP contribution in [0, 0.1) is 0 Å². The molecule has 1 unspecified atom stereocenters. The Balaban J connectivity index is -0.000000853. The number of amides is 3. The van der Waals surface area contributed by atoms with E-state index in [0.717, 1.165) is 16.7 Å². The van der Waals surface area contributed by atoms with Crippen LogP contribution in [0.15, 0.2) is 27.8 Å². The van der Waals surface area contributed by atoms with Crippen molar-refractivity contribution in [3.8, 4) is 0 Å². The molecule has 12 nitrogen and oxygen atoms in total. The number of nitrogens with one attached hydrogen (secondary N) is 1. The van der Waals surface area contributed by atoms with E-state index >= 15 is 0 Å². The first-order valence-electron chi connectivity index (χ1n) is 8.22. The molecule has 18 heteroatoms. The van der Waals surface area contributed by atoms with Gasteiger partial charge in [0.1, 0.15) is 23.5 Å². The molecule has 3 heterocycles. The standard InChI is InChI=1S/C15H16N3O9PS2.3Na.3H/c16-15(23)27-3-7-5-30-13-9(11(20)18(13)12(7)28(24,25)26)17-10(19)8(14(21)22)6-1-2-29-4-6;;;;;;/h1-2,4,8-9,13H,3,5H2,(H2,16,23)(H,17,19)(H,21,22)(H2,24,25,26);;;;;;/q;3*+1;3*-1/t8?,9-,13-;;;;;;/m1....../s1. The third kappa shape index (κ3) is 7.56. The van der Waals surface area contributed by atoms with E-state index in [-0.39, 0.29) is 110 Å². The molecule has 1 aromatic rings. The predicted molar refractivity (Wildman–Crippen MR) is 108 cm³/mol. The zero-order chi connectivity index (χ0) is 22.2. The average Bonchev–Trinajstić information content (AvgIpc) is 3.16. The molecule has 3 atom stereocenters. The van der Waals surface area contributed by atoms with E-state index in [0.29, 0.717) is 0 Å². The van der Waals surface area contributed by atoms with Crippen molar-refractivity contribution in [3.63, 3.8) is 0 Å². The largest absolute Gasteiger partial charge is 1.00 e. The van der Waals surface area contributed by atoms with Crippen molar-refractivity contribution in [1.29, 1.82) is 0 Å². The molecule has 0 radical (unpaired) electrons. The SMILES string of the molecule is NC(=O)OCC1=C(P(=O)(O)O)N2C(=O)[C@@H](NC(=O)C(C(=O)O)c3ccsc3)[C@H]2SC1.[H-].[H-].[H-].[Na+].[Na+].[Na+]. The summed E-state index contributed by atoms with van der Waals surface area (Å²) in [4.78, 5) is 67.7. The van der Waals surface area contributed by atoms with Crippen LogP contribution < -0.4 is 99.7 Å². The molecular formula is C15H19N3Na3O9PS2. The number of carbonyl (C=O) groups is 4. The molecule has 0 bridgehead atoms. The third-order valence-corrected chi connectivity index (χ3v) is 7.49. The molecule has 168 valence electrons. The normalized spacial score (nSPS) is 20.1. The molecule has 1 aromatic heterocycles. The fourth-order valence-corrected chi connectivity index (χ4v) is 6.36. The molecule has 3 amide bonds. The van der Waals surface area contributed by atoms with E-state index in [1.165, 1.54) is 22.8 Å². The summed E-state index contributed by atoms with van der Waals surface area (Å²) in [6, 6.07) is 0.315. The van der Waals surface area contributed by atoms with Crippen molar-refractivity contribution in [3.05, 3.63) is 33.4 Å². The van der Waals surface area contributed by atoms with Gasteiger partial charge in [-0.3, -0.25) is 23.8 Å². The van der Waals surface area contributed by atoms with Gasteiger partial charge in [0.05, 0.1) is 0 Å². The van der Waals surface area contributed by atoms with E-state index < -0.39 is 60.9 Å². The Bertz CT molecular complexity index is 1000. The van der Waals surface area contributed by atoms with Gasteiger partial charge in [0, 0.05) is 11.3 Å². The van der Waals surface area contributed by atoms with Crippen molar-refractivity contribution >= 4 is 54.6 Å². The number of hydrogen-bond acceptors (Lipinski definition) is 8. The molecule has 3 rings (SSSR count). The van der Waals surface area contributed by atoms with E-state index in [2.05, 4.69) is 10.1 Å². The number of fused-ring (bicyclic) bond motifs is 1. The first kappa shape index (κ1) is 33.6. The van der Waals surface area contributed by atoms with Gasteiger partial charge < -0.3 is 35.0 Å². The number of thiophene rings is 1. The Hall–Kier alpha value is 0.620. The Labute approximate surface area is 266 Å². The van der Waals surface area contributed by atoms with Gasteiger partial charge in [0.2, 0.25) is 5.91 Å². The third-order valence-electron chi connectivity index (χ3n) is 4.36. The minimum absolute atomic E-state index is 0. The van der Waals surface area contributed by atoms with Crippen LogP contribution in [0.25, 0.3) is 0 Å². The van der Waals surface area contributed by atoms with E-state index in [9.17, 15) is 38.6 Å². The van der Waals surface area contributed by atoms with E-state index in [4.69, 9.17) is 5.73 Å². The number of aliphatic carboxylic acids is 1. The number of β-lactam (4-membered cyclic amide) rings is 1. The summed E-state index contributed by atoms with van der Waals surface area (Å²) in [5.74, 6) is -4.65. The topological polar surface area (TPSA) is 197 Å². The van der Waals surface area contributed by atoms with Crippen LogP contribution in [0.4, 0.5) is 4.79 Å². The summed E-state index contributed by atoms with van der Waals surface area (Å²) >= 11 is 2.29. The number of thioether (sulfide) groups is 1. The van der Waals surface area contributed by atoms with Crippen molar-refractivity contribution < 1.29 is 136 Å². The maximum Gasteiger partial charge on any atom is 1.00 e. The fourth-order valence-electron chi connectivity index (χ4n) is 3.11. The molecule has 1 saturated heterocycles. The summed E-state index contributed by atoms with van der Waals surface area (Å²) in [6.45, 7) is -0.504. The first-order valence-corrected chi connectivity index (χ1v) is 11.8. The Kier molecular flexibility index (Phi) is 14.1. The number of hydrogen-bond donors (Lipinski definition) is 5. The molecule has 2 aliphatic rings. The van der Waals surface area contributed by atoms with Crippen LogP contribution in [0.5, 0.6) is 0 Å². The van der Waals surface area contributed by atoms with Gasteiger partial charge in [-0.1, -0.05) is 0 Å². The number of nitrogens with zero attached hydrogens (tertiary/aromatic N) is 1. The van der Waals surface area contributed by atoms with Gasteiger partial charge in [-0.25, -0.2) is 4.79 Å². The molecule has 0 spiro atoms. The molecule has 1 fully saturated rings. The Morgan fingerprint density at radius 1 is 1.33 bits per heavy atom. The van der Waals surface area contributed by atoms with E-state index in [1.807, 2.05) is 0 Å². The smallest absolute Gasteiger partial charge is 1.00 e. The van der Waals surface area contributed by atoms with Gasteiger partial charge in [-0.05, 0) is 22.4 Å². The second kappa shape index (κ2) is 13.8. The number of ether oxygens (including phenoxy) is 1. The Morgan fingerprint density at radius 3 is 2.45 bits per heavy atom. The summed E-state index contributed by atoms with van der Waals surface area (Å²) in [5, 5.41) is 14.0. The summed E-state index contributed by atoms with van der Waals surface area (Å²) < 4.78 is 16.5. The average molecular weight is 549 g/mol. The first-order chi connectivity index (χ1) is 14.0. The van der Waals surface area contributed by atoms with Gasteiger partial charge in [0.15, 0.2) is 5.92 Å². The molecule has 6 N–H and O–H groups in total. The van der Waals surface area contributed by atoms with Gasteiger partial charge in [-0.2, -0.15) is 11.3 Å². The molecule has 0 aliphatic carbocycles. The minimum atomic E-state index is -4.94. The molecule has 0 aromatic carbocycles. The molecule has 2 aliphatic heterocycles. The van der Waals surface area contributed by atoms with Gasteiger partial charge in [-0.15, -0.1) is 11.8 Å². The van der Waals surface area contributed by atoms with Crippen LogP contribution in [0.3, 0.4) is 0 Å². The number of carbonyl (C=O) groups excluding carboxylic acids is 3. The van der Waals surface area contributed by atoms with Crippen molar-refractivity contribution in [2.75, 3.05) is 12.4 Å². The van der Waals surface area contributed by atoms with Crippen LogP contribution in [0.2, 0.25) is 0 Å². The number of primary amides is 1. The van der Waals surface area contributed by atoms with Crippen molar-refractivity contribution in [1.82, 2.24) is 10.2 Å². The zero-order valence-corrected chi connectivity index (χ0v) is 26.5. The number of rotatable bonds is 7. The maximum atomic E-state index is 12.6. The second-order valence-corrected chi connectivity index (χ2v) is 9.70. The molecule has 0 saturated carbocycles. The maximum absolute atomic E-state index is 12.6. The second-order valence-electron chi connectivity index (χ2n) is 6.30. The van der Waals surface area contributed by atoms with E-state index in [1.54, 1.807) is 5.38 Å². The summed E-state index contributed by atoms with van der Waals surface area (Å²) in [5.41, 5.74) is 4.55. The minimum Gasteiger partial charge on any atom is -1.00 e. The van der Waals surface area contributed by atoms with Crippen molar-refractivity contribution in [2.24, 2.45) is 5.73 Å². The number of carboxylic acid groups (broad SMARTS) is 1. The van der Waals surface area contributed by atoms with Gasteiger partial charge in [0.25, 0.3) is 5.91 Å². The molecular weight excluding hydrogens is 530 g/mol. The monoisotopic (exact) mass is 549 g/mol. The zero-order valence-electron chi connectivity index (χ0n) is 21.0. The summed E-state index contributed by atoms with van der Waals surface area (Å²) in [7, 11) is -4.94. The number of carboxylic acids is 1. The quantitative estimate of drug-likeness (QED) is 0.0943. The molecule has 33 heavy (non-hydrogen) atoms. The van der Waals surface area contributed by atoms with Crippen LogP contribution >= 0.6 is 30.7 Å². The van der Waals surface area contributed by atoms with Crippen molar-refractivity contribution in [2.45, 2.75) is 17.3 Å².